The standard InChI is InChI=1S/C15H17N3O3/c1-9(2)14-8-13(15(20)21)17-18(14)12-6-4-5-11(7-12)16-10(3)19/h4-9H,1-3H3,(H,16,19)(H,20,21). The van der Waals surface area contributed by atoms with E-state index in [0.717, 1.165) is 5.69 Å². The number of amides is 1. The lowest BCUT2D eigenvalue weighted by molar-refractivity contribution is -0.114. The van der Waals surface area contributed by atoms with E-state index in [0.29, 0.717) is 11.4 Å². The van der Waals surface area contributed by atoms with Crippen LogP contribution in [0.3, 0.4) is 0 Å². The number of nitrogens with zero attached hydrogens (tertiary/aromatic N) is 2. The Morgan fingerprint density at radius 3 is 2.57 bits per heavy atom. The molecule has 0 unspecified atom stereocenters. The van der Waals surface area contributed by atoms with Gasteiger partial charge in [-0.15, -0.1) is 0 Å². The van der Waals surface area contributed by atoms with Crippen molar-refractivity contribution in [3.63, 3.8) is 0 Å². The molecule has 0 saturated carbocycles. The molecule has 0 radical (unpaired) electrons. The van der Waals surface area contributed by atoms with Gasteiger partial charge >= 0.3 is 5.97 Å². The van der Waals surface area contributed by atoms with Crippen molar-refractivity contribution in [1.82, 2.24) is 9.78 Å². The molecule has 1 aromatic carbocycles. The number of hydrogen-bond donors (Lipinski definition) is 2. The third-order valence-corrected chi connectivity index (χ3v) is 2.96. The van der Waals surface area contributed by atoms with Crippen LogP contribution in [0.25, 0.3) is 5.69 Å². The van der Waals surface area contributed by atoms with Crippen LogP contribution in [0.4, 0.5) is 5.69 Å². The Bertz CT molecular complexity index is 689. The number of carbonyl (C=O) groups excluding carboxylic acids is 1. The Kier molecular flexibility index (Phi) is 4.07. The lowest BCUT2D eigenvalue weighted by atomic mass is 10.1. The van der Waals surface area contributed by atoms with E-state index in [2.05, 4.69) is 10.4 Å². The molecule has 0 aliphatic carbocycles. The van der Waals surface area contributed by atoms with Crippen LogP contribution in [0, 0.1) is 0 Å². The van der Waals surface area contributed by atoms with Crippen LogP contribution in [-0.4, -0.2) is 26.8 Å². The van der Waals surface area contributed by atoms with Gasteiger partial charge in [0.15, 0.2) is 5.69 Å². The molecule has 0 bridgehead atoms. The van der Waals surface area contributed by atoms with E-state index in [1.165, 1.54) is 6.92 Å². The largest absolute Gasteiger partial charge is 0.476 e. The Labute approximate surface area is 122 Å². The summed E-state index contributed by atoms with van der Waals surface area (Å²) in [5.74, 6) is -1.10. The summed E-state index contributed by atoms with van der Waals surface area (Å²) in [6, 6.07) is 8.69. The molecular weight excluding hydrogens is 270 g/mol. The molecule has 0 aliphatic heterocycles. The highest BCUT2D eigenvalue weighted by Gasteiger charge is 2.16. The average Bonchev–Trinajstić information content (AvgIpc) is 2.83. The van der Waals surface area contributed by atoms with Gasteiger partial charge in [0.1, 0.15) is 0 Å². The van der Waals surface area contributed by atoms with E-state index in [1.807, 2.05) is 19.9 Å². The van der Waals surface area contributed by atoms with Gasteiger partial charge in [0, 0.05) is 18.3 Å². The van der Waals surface area contributed by atoms with Crippen molar-refractivity contribution in [2.45, 2.75) is 26.7 Å². The van der Waals surface area contributed by atoms with Crippen LogP contribution in [-0.2, 0) is 4.79 Å². The summed E-state index contributed by atoms with van der Waals surface area (Å²) in [6.45, 7) is 5.37. The average molecular weight is 287 g/mol. The molecule has 110 valence electrons. The van der Waals surface area contributed by atoms with Crippen LogP contribution in [0.5, 0.6) is 0 Å². The highest BCUT2D eigenvalue weighted by atomic mass is 16.4. The first kappa shape index (κ1) is 14.8. The lowest BCUT2D eigenvalue weighted by Crippen LogP contribution is -2.08. The first-order chi connectivity index (χ1) is 9.88. The summed E-state index contributed by atoms with van der Waals surface area (Å²) in [7, 11) is 0. The predicted molar refractivity (Wildman–Crippen MR) is 78.9 cm³/mol. The minimum absolute atomic E-state index is 0.00336. The highest BCUT2D eigenvalue weighted by Crippen LogP contribution is 2.22. The predicted octanol–water partition coefficient (Wildman–Crippen LogP) is 2.65. The van der Waals surface area contributed by atoms with Crippen molar-refractivity contribution >= 4 is 17.6 Å². The summed E-state index contributed by atoms with van der Waals surface area (Å²) < 4.78 is 1.60. The quantitative estimate of drug-likeness (QED) is 0.905. The SMILES string of the molecule is CC(=O)Nc1cccc(-n2nc(C(=O)O)cc2C(C)C)c1. The van der Waals surface area contributed by atoms with Gasteiger partial charge in [-0.25, -0.2) is 9.48 Å². The molecule has 1 amide bonds. The van der Waals surface area contributed by atoms with Gasteiger partial charge in [-0.1, -0.05) is 19.9 Å². The molecule has 6 nitrogen and oxygen atoms in total. The van der Waals surface area contributed by atoms with Crippen LogP contribution in [0.15, 0.2) is 30.3 Å². The summed E-state index contributed by atoms with van der Waals surface area (Å²) in [5.41, 5.74) is 2.15. The fourth-order valence-corrected chi connectivity index (χ4v) is 2.04. The minimum Gasteiger partial charge on any atom is -0.476 e. The first-order valence-corrected chi connectivity index (χ1v) is 6.59. The number of benzene rings is 1. The molecule has 21 heavy (non-hydrogen) atoms. The van der Waals surface area contributed by atoms with Crippen molar-refractivity contribution in [3.05, 3.63) is 41.7 Å². The maximum atomic E-state index is 11.1. The molecule has 6 heteroatoms. The molecule has 0 spiro atoms. The number of carboxylic acid groups (broad SMARTS) is 1. The fraction of sp³-hybridized carbons (Fsp3) is 0.267. The molecule has 2 aromatic rings. The van der Waals surface area contributed by atoms with E-state index in [1.54, 1.807) is 28.9 Å². The van der Waals surface area contributed by atoms with Gasteiger partial charge in [-0.3, -0.25) is 4.79 Å². The lowest BCUT2D eigenvalue weighted by Gasteiger charge is -2.11. The summed E-state index contributed by atoms with van der Waals surface area (Å²) in [4.78, 5) is 22.2. The summed E-state index contributed by atoms with van der Waals surface area (Å²) >= 11 is 0. The van der Waals surface area contributed by atoms with E-state index in [9.17, 15) is 9.59 Å². The number of carboxylic acids is 1. The Morgan fingerprint density at radius 1 is 1.29 bits per heavy atom. The molecule has 1 heterocycles. The van der Waals surface area contributed by atoms with E-state index < -0.39 is 5.97 Å². The second-order valence-corrected chi connectivity index (χ2v) is 5.06. The number of nitrogens with one attached hydrogen (secondary N) is 1. The Balaban J connectivity index is 2.50. The molecule has 0 fully saturated rings. The van der Waals surface area contributed by atoms with Gasteiger partial charge in [0.05, 0.1) is 5.69 Å². The molecular formula is C15H17N3O3. The van der Waals surface area contributed by atoms with Crippen LogP contribution >= 0.6 is 0 Å². The summed E-state index contributed by atoms with van der Waals surface area (Å²) in [5, 5.41) is 15.9. The Hall–Kier alpha value is -2.63. The zero-order valence-electron chi connectivity index (χ0n) is 12.1. The number of aromatic nitrogens is 2. The van der Waals surface area contributed by atoms with Crippen LogP contribution in [0.2, 0.25) is 0 Å². The van der Waals surface area contributed by atoms with E-state index in [4.69, 9.17) is 5.11 Å². The second-order valence-electron chi connectivity index (χ2n) is 5.06. The topological polar surface area (TPSA) is 84.2 Å². The fourth-order valence-electron chi connectivity index (χ4n) is 2.04. The van der Waals surface area contributed by atoms with Crippen LogP contribution in [0.1, 0.15) is 42.9 Å². The zero-order chi connectivity index (χ0) is 15.6. The van der Waals surface area contributed by atoms with Gasteiger partial charge in [-0.05, 0) is 30.2 Å². The maximum absolute atomic E-state index is 11.1. The number of hydrogen-bond acceptors (Lipinski definition) is 3. The molecule has 1 aromatic heterocycles. The summed E-state index contributed by atoms with van der Waals surface area (Å²) in [6.07, 6.45) is 0. The van der Waals surface area contributed by atoms with Crippen molar-refractivity contribution in [1.29, 1.82) is 0 Å². The normalized spacial score (nSPS) is 10.7. The van der Waals surface area contributed by atoms with Gasteiger partial charge < -0.3 is 10.4 Å². The van der Waals surface area contributed by atoms with Gasteiger partial charge in [0.25, 0.3) is 0 Å². The number of aromatic carboxylic acids is 1. The molecule has 0 atom stereocenters. The van der Waals surface area contributed by atoms with E-state index >= 15 is 0 Å². The number of anilines is 1. The smallest absolute Gasteiger partial charge is 0.356 e. The Morgan fingerprint density at radius 2 is 2.00 bits per heavy atom. The van der Waals surface area contributed by atoms with E-state index in [-0.39, 0.29) is 17.5 Å². The van der Waals surface area contributed by atoms with Crippen molar-refractivity contribution in [3.8, 4) is 5.69 Å². The monoisotopic (exact) mass is 287 g/mol. The number of rotatable bonds is 4. The van der Waals surface area contributed by atoms with Gasteiger partial charge in [0.2, 0.25) is 5.91 Å². The molecule has 0 aliphatic rings. The first-order valence-electron chi connectivity index (χ1n) is 6.59. The molecule has 0 saturated heterocycles. The maximum Gasteiger partial charge on any atom is 0.356 e. The highest BCUT2D eigenvalue weighted by molar-refractivity contribution is 5.89. The van der Waals surface area contributed by atoms with Crippen molar-refractivity contribution < 1.29 is 14.7 Å². The van der Waals surface area contributed by atoms with Crippen molar-refractivity contribution in [2.24, 2.45) is 0 Å². The number of carbonyl (C=O) groups is 2. The van der Waals surface area contributed by atoms with Crippen molar-refractivity contribution in [2.75, 3.05) is 5.32 Å². The third-order valence-electron chi connectivity index (χ3n) is 2.96. The second kappa shape index (κ2) is 5.78. The zero-order valence-corrected chi connectivity index (χ0v) is 12.1. The van der Waals surface area contributed by atoms with Crippen LogP contribution < -0.4 is 5.32 Å². The molecule has 2 rings (SSSR count). The third kappa shape index (κ3) is 3.28. The molecule has 2 N–H and O–H groups in total. The minimum atomic E-state index is -1.06. The van der Waals surface area contributed by atoms with Gasteiger partial charge in [-0.2, -0.15) is 5.10 Å².